The van der Waals surface area contributed by atoms with E-state index in [4.69, 9.17) is 0 Å². The summed E-state index contributed by atoms with van der Waals surface area (Å²) in [6, 6.07) is 1.46. The van der Waals surface area contributed by atoms with Gasteiger partial charge in [0.1, 0.15) is 0 Å². The van der Waals surface area contributed by atoms with E-state index in [0.717, 1.165) is 12.1 Å². The average molecular weight is 306 g/mol. The quantitative estimate of drug-likeness (QED) is 0.843. The molecule has 4 heterocycles. The van der Waals surface area contributed by atoms with E-state index < -0.39 is 0 Å². The Kier molecular flexibility index (Phi) is 3.80. The summed E-state index contributed by atoms with van der Waals surface area (Å²) < 4.78 is 0. The Morgan fingerprint density at radius 1 is 0.955 bits per heavy atom. The SMILES string of the molecule is CC(C)N1CCC2(CN(CC(C)N3CC4(CCCN4)C3)C2)C1. The predicted octanol–water partition coefficient (Wildman–Crippen LogP) is 1.23. The number of likely N-dealkylation sites (tertiary alicyclic amines) is 3. The maximum atomic E-state index is 3.73. The molecule has 4 nitrogen and oxygen atoms in total. The minimum Gasteiger partial charge on any atom is -0.309 e. The molecule has 1 unspecified atom stereocenters. The van der Waals surface area contributed by atoms with Crippen LogP contribution in [0.4, 0.5) is 0 Å². The Morgan fingerprint density at radius 3 is 2.32 bits per heavy atom. The van der Waals surface area contributed by atoms with Crippen LogP contribution in [0.2, 0.25) is 0 Å². The Labute approximate surface area is 136 Å². The zero-order valence-electron chi connectivity index (χ0n) is 14.8. The van der Waals surface area contributed by atoms with Crippen molar-refractivity contribution in [2.75, 3.05) is 52.4 Å². The molecule has 2 spiro atoms. The van der Waals surface area contributed by atoms with E-state index >= 15 is 0 Å². The smallest absolute Gasteiger partial charge is 0.0438 e. The molecule has 0 aromatic carbocycles. The summed E-state index contributed by atoms with van der Waals surface area (Å²) in [6.45, 7) is 17.6. The minimum absolute atomic E-state index is 0.508. The molecule has 0 amide bonds. The molecule has 1 N–H and O–H groups in total. The molecule has 0 aromatic heterocycles. The third kappa shape index (κ3) is 2.62. The third-order valence-corrected chi connectivity index (χ3v) is 6.81. The minimum atomic E-state index is 0.508. The first-order chi connectivity index (χ1) is 10.5. The highest BCUT2D eigenvalue weighted by molar-refractivity contribution is 5.08. The molecule has 1 atom stereocenters. The van der Waals surface area contributed by atoms with E-state index in [1.54, 1.807) is 0 Å². The zero-order valence-corrected chi connectivity index (χ0v) is 14.8. The number of rotatable bonds is 4. The molecule has 0 aliphatic carbocycles. The predicted molar refractivity (Wildman–Crippen MR) is 91.2 cm³/mol. The normalized spacial score (nSPS) is 32.7. The number of nitrogens with zero attached hydrogens (tertiary/aromatic N) is 3. The lowest BCUT2D eigenvalue weighted by atomic mass is 9.78. The Morgan fingerprint density at radius 2 is 1.73 bits per heavy atom. The van der Waals surface area contributed by atoms with Crippen molar-refractivity contribution in [3.63, 3.8) is 0 Å². The number of nitrogens with one attached hydrogen (secondary N) is 1. The van der Waals surface area contributed by atoms with Crippen LogP contribution >= 0.6 is 0 Å². The number of hydrogen-bond donors (Lipinski definition) is 1. The molecule has 4 aliphatic rings. The highest BCUT2D eigenvalue weighted by Crippen LogP contribution is 2.40. The van der Waals surface area contributed by atoms with Gasteiger partial charge in [0, 0.05) is 62.3 Å². The monoisotopic (exact) mass is 306 g/mol. The largest absolute Gasteiger partial charge is 0.309 e. The molecule has 0 aromatic rings. The second-order valence-corrected chi connectivity index (χ2v) is 9.05. The first kappa shape index (κ1) is 15.4. The van der Waals surface area contributed by atoms with E-state index in [0.29, 0.717) is 11.0 Å². The lowest BCUT2D eigenvalue weighted by molar-refractivity contribution is -0.0383. The molecule has 0 bridgehead atoms. The summed E-state index contributed by atoms with van der Waals surface area (Å²) in [4.78, 5) is 8.08. The van der Waals surface area contributed by atoms with Gasteiger partial charge in [0.2, 0.25) is 0 Å². The topological polar surface area (TPSA) is 21.8 Å². The van der Waals surface area contributed by atoms with Crippen LogP contribution in [-0.2, 0) is 0 Å². The van der Waals surface area contributed by atoms with Crippen LogP contribution in [0.5, 0.6) is 0 Å². The average Bonchev–Trinajstić information content (AvgIpc) is 3.02. The first-order valence-electron chi connectivity index (χ1n) is 9.45. The number of hydrogen-bond acceptors (Lipinski definition) is 4. The van der Waals surface area contributed by atoms with Crippen molar-refractivity contribution in [2.45, 2.75) is 57.7 Å². The Balaban J connectivity index is 1.20. The van der Waals surface area contributed by atoms with E-state index in [1.165, 1.54) is 71.6 Å². The summed E-state index contributed by atoms with van der Waals surface area (Å²) in [5, 5.41) is 3.73. The molecule has 22 heavy (non-hydrogen) atoms. The summed E-state index contributed by atoms with van der Waals surface area (Å²) in [5.74, 6) is 0. The molecule has 0 saturated carbocycles. The molecule has 0 radical (unpaired) electrons. The van der Waals surface area contributed by atoms with Gasteiger partial charge in [-0.15, -0.1) is 0 Å². The van der Waals surface area contributed by atoms with Crippen molar-refractivity contribution in [1.82, 2.24) is 20.0 Å². The summed E-state index contributed by atoms with van der Waals surface area (Å²) in [5.41, 5.74) is 1.15. The van der Waals surface area contributed by atoms with Crippen molar-refractivity contribution in [3.8, 4) is 0 Å². The van der Waals surface area contributed by atoms with Crippen LogP contribution in [-0.4, -0.2) is 84.7 Å². The highest BCUT2D eigenvalue weighted by Gasteiger charge is 2.50. The highest BCUT2D eigenvalue weighted by atomic mass is 15.3. The van der Waals surface area contributed by atoms with Gasteiger partial charge in [-0.2, -0.15) is 0 Å². The molecular weight excluding hydrogens is 272 g/mol. The fraction of sp³-hybridized carbons (Fsp3) is 1.00. The van der Waals surface area contributed by atoms with Gasteiger partial charge < -0.3 is 15.1 Å². The Bertz CT molecular complexity index is 401. The van der Waals surface area contributed by atoms with Gasteiger partial charge in [0.05, 0.1) is 0 Å². The maximum Gasteiger partial charge on any atom is 0.0438 e. The lowest BCUT2D eigenvalue weighted by Crippen LogP contribution is -2.70. The molecule has 126 valence electrons. The maximum absolute atomic E-state index is 3.73. The van der Waals surface area contributed by atoms with Gasteiger partial charge in [-0.25, -0.2) is 0 Å². The fourth-order valence-corrected chi connectivity index (χ4v) is 5.37. The van der Waals surface area contributed by atoms with Crippen LogP contribution in [0, 0.1) is 5.41 Å². The molecule has 4 heteroatoms. The first-order valence-corrected chi connectivity index (χ1v) is 9.45. The summed E-state index contributed by atoms with van der Waals surface area (Å²) in [6.07, 6.45) is 4.20. The van der Waals surface area contributed by atoms with Gasteiger partial charge in [0.15, 0.2) is 0 Å². The third-order valence-electron chi connectivity index (χ3n) is 6.81. The van der Waals surface area contributed by atoms with E-state index in [9.17, 15) is 0 Å². The Hall–Kier alpha value is -0.160. The van der Waals surface area contributed by atoms with Crippen molar-refractivity contribution in [2.24, 2.45) is 5.41 Å². The van der Waals surface area contributed by atoms with Crippen LogP contribution in [0.25, 0.3) is 0 Å². The van der Waals surface area contributed by atoms with Crippen LogP contribution < -0.4 is 5.32 Å². The van der Waals surface area contributed by atoms with Crippen LogP contribution in [0.3, 0.4) is 0 Å². The van der Waals surface area contributed by atoms with E-state index in [2.05, 4.69) is 40.8 Å². The second-order valence-electron chi connectivity index (χ2n) is 9.05. The van der Waals surface area contributed by atoms with Gasteiger partial charge in [-0.1, -0.05) is 0 Å². The molecule has 4 rings (SSSR count). The van der Waals surface area contributed by atoms with Crippen LogP contribution in [0.1, 0.15) is 40.0 Å². The lowest BCUT2D eigenvalue weighted by Gasteiger charge is -2.54. The molecule has 4 aliphatic heterocycles. The standard InChI is InChI=1S/C18H34N4/c1-15(2)21-8-6-17(12-21)10-20(11-17)9-16(3)22-13-18(14-22)5-4-7-19-18/h15-16,19H,4-14H2,1-3H3. The van der Waals surface area contributed by atoms with Gasteiger partial charge in [-0.05, 0) is 53.1 Å². The van der Waals surface area contributed by atoms with Gasteiger partial charge in [-0.3, -0.25) is 4.90 Å². The van der Waals surface area contributed by atoms with Crippen molar-refractivity contribution >= 4 is 0 Å². The van der Waals surface area contributed by atoms with Crippen molar-refractivity contribution in [3.05, 3.63) is 0 Å². The molecule has 4 saturated heterocycles. The van der Waals surface area contributed by atoms with Crippen molar-refractivity contribution < 1.29 is 0 Å². The van der Waals surface area contributed by atoms with Gasteiger partial charge >= 0.3 is 0 Å². The van der Waals surface area contributed by atoms with E-state index in [-0.39, 0.29) is 0 Å². The van der Waals surface area contributed by atoms with Gasteiger partial charge in [0.25, 0.3) is 0 Å². The van der Waals surface area contributed by atoms with Crippen molar-refractivity contribution in [1.29, 1.82) is 0 Å². The zero-order chi connectivity index (χ0) is 15.4. The molecule has 4 fully saturated rings. The second kappa shape index (κ2) is 5.44. The summed E-state index contributed by atoms with van der Waals surface area (Å²) in [7, 11) is 0. The fourth-order valence-electron chi connectivity index (χ4n) is 5.37. The van der Waals surface area contributed by atoms with E-state index in [1.807, 2.05) is 0 Å². The molecular formula is C18H34N4. The van der Waals surface area contributed by atoms with Crippen LogP contribution in [0.15, 0.2) is 0 Å². The summed E-state index contributed by atoms with van der Waals surface area (Å²) >= 11 is 0.